The maximum absolute atomic E-state index is 12.7. The van der Waals surface area contributed by atoms with Gasteiger partial charge in [0.25, 0.3) is 0 Å². The normalized spacial score (nSPS) is 24.3. The molecule has 0 aliphatic carbocycles. The molecule has 2 aromatic rings. The standard InChI is InChI=1S/C24H31N3O2/c25-22-16-27(15-21(22)19-7-3-1-4-8-19)17-23(28)26-18-24(11-13-29-14-12-24)20-9-5-2-6-10-20/h1-10,21-22H,11-18,25H2,(H,26,28)/t21-,22+/m0/s1. The first kappa shape index (κ1) is 20.1. The van der Waals surface area contributed by atoms with Gasteiger partial charge in [0, 0.05) is 50.2 Å². The summed E-state index contributed by atoms with van der Waals surface area (Å²) in [6.07, 6.45) is 1.87. The number of nitrogens with one attached hydrogen (secondary N) is 1. The number of rotatable bonds is 6. The molecule has 0 bridgehead atoms. The molecule has 2 saturated heterocycles. The van der Waals surface area contributed by atoms with E-state index in [9.17, 15) is 4.79 Å². The monoisotopic (exact) mass is 393 g/mol. The van der Waals surface area contributed by atoms with Gasteiger partial charge in [0.2, 0.25) is 5.91 Å². The fourth-order valence-electron chi connectivity index (χ4n) is 4.74. The summed E-state index contributed by atoms with van der Waals surface area (Å²) in [6, 6.07) is 21.0. The molecule has 0 spiro atoms. The SMILES string of the molecule is N[C@@H]1CN(CC(=O)NCC2(c3ccccc3)CCOCC2)C[C@H]1c1ccccc1. The molecule has 154 valence electrons. The minimum Gasteiger partial charge on any atom is -0.381 e. The van der Waals surface area contributed by atoms with Gasteiger partial charge in [-0.05, 0) is 24.0 Å². The van der Waals surface area contributed by atoms with E-state index < -0.39 is 0 Å². The van der Waals surface area contributed by atoms with Crippen molar-refractivity contribution in [3.8, 4) is 0 Å². The van der Waals surface area contributed by atoms with Crippen LogP contribution in [0.25, 0.3) is 0 Å². The summed E-state index contributed by atoms with van der Waals surface area (Å²) in [5.41, 5.74) is 8.88. The highest BCUT2D eigenvalue weighted by Gasteiger charge is 2.36. The van der Waals surface area contributed by atoms with Gasteiger partial charge in [-0.25, -0.2) is 0 Å². The molecular weight excluding hydrogens is 362 g/mol. The molecule has 0 saturated carbocycles. The van der Waals surface area contributed by atoms with E-state index in [1.165, 1.54) is 11.1 Å². The van der Waals surface area contributed by atoms with Gasteiger partial charge in [-0.1, -0.05) is 60.7 Å². The van der Waals surface area contributed by atoms with E-state index in [2.05, 4.69) is 46.6 Å². The Balaban J connectivity index is 1.35. The van der Waals surface area contributed by atoms with Gasteiger partial charge in [-0.3, -0.25) is 9.69 Å². The van der Waals surface area contributed by atoms with Gasteiger partial charge in [-0.2, -0.15) is 0 Å². The third kappa shape index (κ3) is 4.69. The molecule has 0 aromatic heterocycles. The Labute approximate surface area is 173 Å². The van der Waals surface area contributed by atoms with Crippen molar-refractivity contribution in [2.75, 3.05) is 39.4 Å². The topological polar surface area (TPSA) is 67.6 Å². The smallest absolute Gasteiger partial charge is 0.234 e. The molecule has 29 heavy (non-hydrogen) atoms. The molecule has 2 fully saturated rings. The van der Waals surface area contributed by atoms with Crippen LogP contribution < -0.4 is 11.1 Å². The van der Waals surface area contributed by atoms with Crippen molar-refractivity contribution in [3.05, 3.63) is 71.8 Å². The Morgan fingerprint density at radius 3 is 2.38 bits per heavy atom. The maximum Gasteiger partial charge on any atom is 0.234 e. The Kier molecular flexibility index (Phi) is 6.28. The molecule has 0 radical (unpaired) electrons. The van der Waals surface area contributed by atoms with E-state index in [0.29, 0.717) is 13.1 Å². The van der Waals surface area contributed by atoms with Gasteiger partial charge < -0.3 is 15.8 Å². The molecule has 2 heterocycles. The van der Waals surface area contributed by atoms with E-state index >= 15 is 0 Å². The summed E-state index contributed by atoms with van der Waals surface area (Å²) in [6.45, 7) is 4.12. The summed E-state index contributed by atoms with van der Waals surface area (Å²) >= 11 is 0. The van der Waals surface area contributed by atoms with E-state index in [1.807, 2.05) is 24.3 Å². The zero-order chi connectivity index (χ0) is 20.1. The third-order valence-electron chi connectivity index (χ3n) is 6.50. The minimum absolute atomic E-state index is 0.0385. The number of carbonyl (C=O) groups is 1. The zero-order valence-electron chi connectivity index (χ0n) is 16.9. The average molecular weight is 394 g/mol. The number of benzene rings is 2. The first-order chi connectivity index (χ1) is 14.2. The summed E-state index contributed by atoms with van der Waals surface area (Å²) < 4.78 is 5.59. The number of carbonyl (C=O) groups excluding carboxylic acids is 1. The predicted molar refractivity (Wildman–Crippen MR) is 115 cm³/mol. The van der Waals surface area contributed by atoms with Gasteiger partial charge in [-0.15, -0.1) is 0 Å². The van der Waals surface area contributed by atoms with Crippen molar-refractivity contribution >= 4 is 5.91 Å². The van der Waals surface area contributed by atoms with Crippen molar-refractivity contribution in [1.82, 2.24) is 10.2 Å². The Bertz CT molecular complexity index is 790. The van der Waals surface area contributed by atoms with Crippen molar-refractivity contribution in [3.63, 3.8) is 0 Å². The molecule has 5 nitrogen and oxygen atoms in total. The second-order valence-electron chi connectivity index (χ2n) is 8.41. The van der Waals surface area contributed by atoms with Crippen LogP contribution in [-0.4, -0.2) is 56.2 Å². The average Bonchev–Trinajstić information content (AvgIpc) is 3.14. The van der Waals surface area contributed by atoms with Gasteiger partial charge in [0.05, 0.1) is 6.54 Å². The first-order valence-electron chi connectivity index (χ1n) is 10.6. The summed E-state index contributed by atoms with van der Waals surface area (Å²) in [4.78, 5) is 14.9. The lowest BCUT2D eigenvalue weighted by Crippen LogP contribution is -2.47. The van der Waals surface area contributed by atoms with Crippen LogP contribution in [0.5, 0.6) is 0 Å². The number of nitrogens with two attached hydrogens (primary N) is 1. The van der Waals surface area contributed by atoms with Gasteiger partial charge >= 0.3 is 0 Å². The molecule has 2 aliphatic heterocycles. The van der Waals surface area contributed by atoms with E-state index in [-0.39, 0.29) is 23.3 Å². The summed E-state index contributed by atoms with van der Waals surface area (Å²) in [5, 5.41) is 3.21. The quantitative estimate of drug-likeness (QED) is 0.790. The number of nitrogens with zero attached hydrogens (tertiary/aromatic N) is 1. The van der Waals surface area contributed by atoms with Crippen LogP contribution >= 0.6 is 0 Å². The highest BCUT2D eigenvalue weighted by molar-refractivity contribution is 5.78. The fraction of sp³-hybridized carbons (Fsp3) is 0.458. The van der Waals surface area contributed by atoms with Crippen molar-refractivity contribution in [2.24, 2.45) is 5.73 Å². The fourth-order valence-corrected chi connectivity index (χ4v) is 4.74. The lowest BCUT2D eigenvalue weighted by atomic mass is 9.74. The van der Waals surface area contributed by atoms with Crippen molar-refractivity contribution in [2.45, 2.75) is 30.2 Å². The highest BCUT2D eigenvalue weighted by atomic mass is 16.5. The van der Waals surface area contributed by atoms with Crippen LogP contribution in [-0.2, 0) is 14.9 Å². The predicted octanol–water partition coefficient (Wildman–Crippen LogP) is 2.28. The van der Waals surface area contributed by atoms with E-state index in [0.717, 1.165) is 39.1 Å². The number of likely N-dealkylation sites (tertiary alicyclic amines) is 1. The van der Waals surface area contributed by atoms with Gasteiger partial charge in [0.1, 0.15) is 0 Å². The molecule has 2 atom stereocenters. The number of amides is 1. The Hall–Kier alpha value is -2.21. The van der Waals surface area contributed by atoms with Crippen molar-refractivity contribution in [1.29, 1.82) is 0 Å². The molecule has 2 aromatic carbocycles. The third-order valence-corrected chi connectivity index (χ3v) is 6.50. The maximum atomic E-state index is 12.7. The first-order valence-corrected chi connectivity index (χ1v) is 10.6. The molecule has 2 aliphatic rings. The second-order valence-corrected chi connectivity index (χ2v) is 8.41. The number of hydrogen-bond donors (Lipinski definition) is 2. The molecular formula is C24H31N3O2. The Morgan fingerprint density at radius 2 is 1.69 bits per heavy atom. The van der Waals surface area contributed by atoms with Crippen LogP contribution in [0.1, 0.15) is 29.9 Å². The molecule has 1 amide bonds. The Morgan fingerprint density at radius 1 is 1.03 bits per heavy atom. The minimum atomic E-state index is -0.0385. The number of ether oxygens (including phenoxy) is 1. The van der Waals surface area contributed by atoms with Gasteiger partial charge in [0.15, 0.2) is 0 Å². The van der Waals surface area contributed by atoms with Crippen LogP contribution in [0.4, 0.5) is 0 Å². The van der Waals surface area contributed by atoms with E-state index in [1.54, 1.807) is 0 Å². The van der Waals surface area contributed by atoms with Crippen molar-refractivity contribution < 1.29 is 9.53 Å². The second kappa shape index (κ2) is 9.08. The largest absolute Gasteiger partial charge is 0.381 e. The van der Waals surface area contributed by atoms with Crippen LogP contribution in [0.3, 0.4) is 0 Å². The summed E-state index contributed by atoms with van der Waals surface area (Å²) in [5.74, 6) is 0.364. The van der Waals surface area contributed by atoms with Crippen LogP contribution in [0, 0.1) is 0 Å². The number of hydrogen-bond acceptors (Lipinski definition) is 4. The van der Waals surface area contributed by atoms with E-state index in [4.69, 9.17) is 10.5 Å². The lowest BCUT2D eigenvalue weighted by Gasteiger charge is -2.38. The molecule has 0 unspecified atom stereocenters. The van der Waals surface area contributed by atoms with Crippen LogP contribution in [0.15, 0.2) is 60.7 Å². The zero-order valence-corrected chi connectivity index (χ0v) is 16.9. The summed E-state index contributed by atoms with van der Waals surface area (Å²) in [7, 11) is 0. The molecule has 3 N–H and O–H groups in total. The molecule has 5 heteroatoms. The molecule has 4 rings (SSSR count). The van der Waals surface area contributed by atoms with Crippen LogP contribution in [0.2, 0.25) is 0 Å². The highest BCUT2D eigenvalue weighted by Crippen LogP contribution is 2.34. The lowest BCUT2D eigenvalue weighted by molar-refractivity contribution is -0.122.